The van der Waals surface area contributed by atoms with Gasteiger partial charge in [0.15, 0.2) is 6.29 Å². The van der Waals surface area contributed by atoms with E-state index in [9.17, 15) is 13.2 Å². The minimum atomic E-state index is -4.06. The van der Waals surface area contributed by atoms with Crippen LogP contribution >= 0.6 is 26.6 Å². The molecule has 0 saturated carbocycles. The van der Waals surface area contributed by atoms with Gasteiger partial charge < -0.3 is 0 Å². The van der Waals surface area contributed by atoms with Crippen LogP contribution in [-0.2, 0) is 9.05 Å². The molecule has 0 amide bonds. The normalized spacial score (nSPS) is 10.7. The first kappa shape index (κ1) is 12.2. The molecule has 78 valence electrons. The Morgan fingerprint density at radius 1 is 1.47 bits per heavy atom. The number of hydrogen-bond donors (Lipinski definition) is 0. The fourth-order valence-corrected chi connectivity index (χ4v) is 3.54. The lowest BCUT2D eigenvalue weighted by Gasteiger charge is -2.04. The van der Waals surface area contributed by atoms with E-state index >= 15 is 0 Å². The topological polar surface area (TPSA) is 75.0 Å². The number of aldehydes is 1. The molecule has 7 heteroatoms. The smallest absolute Gasteiger partial charge is 0.263 e. The fraction of sp³-hybridized carbons (Fsp3) is 0. The number of benzene rings is 1. The van der Waals surface area contributed by atoms with Gasteiger partial charge in [0.05, 0.1) is 5.56 Å². The third kappa shape index (κ3) is 2.37. The molecular weight excluding hydrogens is 306 g/mol. The zero-order chi connectivity index (χ0) is 11.6. The number of rotatable bonds is 2. The first-order valence-corrected chi connectivity index (χ1v) is 6.64. The van der Waals surface area contributed by atoms with Crippen LogP contribution in [0.5, 0.6) is 0 Å². The zero-order valence-corrected chi connectivity index (χ0v) is 10.2. The number of carbonyl (C=O) groups is 1. The monoisotopic (exact) mass is 307 g/mol. The Morgan fingerprint density at radius 3 is 2.47 bits per heavy atom. The molecule has 0 aliphatic rings. The van der Waals surface area contributed by atoms with Gasteiger partial charge in [-0.3, -0.25) is 4.79 Å². The Morgan fingerprint density at radius 2 is 2.07 bits per heavy atom. The van der Waals surface area contributed by atoms with E-state index in [1.54, 1.807) is 6.07 Å². The van der Waals surface area contributed by atoms with Crippen molar-refractivity contribution >= 4 is 41.9 Å². The SMILES string of the molecule is N#Cc1ccc(C=O)c(Br)c1S(=O)(=O)Cl. The molecule has 0 bridgehead atoms. The summed E-state index contributed by atoms with van der Waals surface area (Å²) in [7, 11) is 1.09. The van der Waals surface area contributed by atoms with E-state index in [2.05, 4.69) is 15.9 Å². The van der Waals surface area contributed by atoms with Gasteiger partial charge in [-0.05, 0) is 28.1 Å². The summed E-state index contributed by atoms with van der Waals surface area (Å²) in [5.74, 6) is 0. The van der Waals surface area contributed by atoms with Crippen LogP contribution in [0.25, 0.3) is 0 Å². The summed E-state index contributed by atoms with van der Waals surface area (Å²) in [4.78, 5) is 10.2. The van der Waals surface area contributed by atoms with Crippen molar-refractivity contribution in [3.05, 3.63) is 27.7 Å². The van der Waals surface area contributed by atoms with Crippen molar-refractivity contribution in [3.63, 3.8) is 0 Å². The van der Waals surface area contributed by atoms with Crippen molar-refractivity contribution in [2.75, 3.05) is 0 Å². The molecule has 0 fully saturated rings. The first-order chi connectivity index (χ1) is 6.91. The Balaban J connectivity index is 3.75. The fourth-order valence-electron chi connectivity index (χ4n) is 0.989. The highest BCUT2D eigenvalue weighted by Gasteiger charge is 2.21. The van der Waals surface area contributed by atoms with Crippen molar-refractivity contribution in [1.29, 1.82) is 5.26 Å². The average Bonchev–Trinajstić information content (AvgIpc) is 2.15. The van der Waals surface area contributed by atoms with Crippen LogP contribution in [0.2, 0.25) is 0 Å². The zero-order valence-electron chi connectivity index (χ0n) is 7.07. The Hall–Kier alpha value is -0.900. The minimum Gasteiger partial charge on any atom is -0.298 e. The Bertz CT molecular complexity index is 562. The van der Waals surface area contributed by atoms with Crippen LogP contribution < -0.4 is 0 Å². The molecule has 0 radical (unpaired) electrons. The van der Waals surface area contributed by atoms with Crippen LogP contribution in [0.15, 0.2) is 21.5 Å². The maximum atomic E-state index is 11.2. The molecule has 15 heavy (non-hydrogen) atoms. The van der Waals surface area contributed by atoms with Crippen molar-refractivity contribution in [2.24, 2.45) is 0 Å². The summed E-state index contributed by atoms with van der Waals surface area (Å²) in [6.07, 6.45) is 0.469. The molecule has 0 aliphatic heterocycles. The predicted octanol–water partition coefficient (Wildman–Crippen LogP) is 2.06. The second-order valence-electron chi connectivity index (χ2n) is 2.51. The summed E-state index contributed by atoms with van der Waals surface area (Å²) < 4.78 is 22.3. The minimum absolute atomic E-state index is 0.00606. The van der Waals surface area contributed by atoms with E-state index < -0.39 is 9.05 Å². The molecule has 0 heterocycles. The lowest BCUT2D eigenvalue weighted by atomic mass is 10.2. The molecule has 0 unspecified atom stereocenters. The largest absolute Gasteiger partial charge is 0.298 e. The molecule has 0 aromatic heterocycles. The van der Waals surface area contributed by atoms with E-state index in [-0.39, 0.29) is 20.5 Å². The van der Waals surface area contributed by atoms with E-state index in [0.717, 1.165) is 0 Å². The van der Waals surface area contributed by atoms with E-state index in [1.165, 1.54) is 12.1 Å². The molecular formula is C8H3BrClNO3S. The molecule has 0 N–H and O–H groups in total. The molecule has 0 atom stereocenters. The van der Waals surface area contributed by atoms with Crippen LogP contribution in [-0.4, -0.2) is 14.7 Å². The predicted molar refractivity (Wildman–Crippen MR) is 57.3 cm³/mol. The number of hydrogen-bond acceptors (Lipinski definition) is 4. The number of carbonyl (C=O) groups excluding carboxylic acids is 1. The second kappa shape index (κ2) is 4.31. The van der Waals surface area contributed by atoms with Gasteiger partial charge >= 0.3 is 0 Å². The molecule has 1 rings (SSSR count). The number of nitrogens with zero attached hydrogens (tertiary/aromatic N) is 1. The summed E-state index contributed by atoms with van der Waals surface area (Å²) in [5.41, 5.74) is 0.00991. The van der Waals surface area contributed by atoms with Gasteiger partial charge in [-0.25, -0.2) is 8.42 Å². The highest BCUT2D eigenvalue weighted by Crippen LogP contribution is 2.30. The quantitative estimate of drug-likeness (QED) is 0.619. The third-order valence-electron chi connectivity index (χ3n) is 1.62. The lowest BCUT2D eigenvalue weighted by molar-refractivity contribution is 0.112. The molecule has 0 saturated heterocycles. The van der Waals surface area contributed by atoms with Gasteiger partial charge in [0.1, 0.15) is 11.0 Å². The second-order valence-corrected chi connectivity index (χ2v) is 5.81. The maximum absolute atomic E-state index is 11.2. The van der Waals surface area contributed by atoms with Crippen LogP contribution in [0.4, 0.5) is 0 Å². The van der Waals surface area contributed by atoms with Gasteiger partial charge in [-0.1, -0.05) is 0 Å². The highest BCUT2D eigenvalue weighted by atomic mass is 79.9. The van der Waals surface area contributed by atoms with Crippen molar-refractivity contribution < 1.29 is 13.2 Å². The summed E-state index contributed by atoms with van der Waals surface area (Å²) in [6, 6.07) is 4.25. The average molecular weight is 309 g/mol. The number of halogens is 2. The van der Waals surface area contributed by atoms with Gasteiger partial charge in [-0.2, -0.15) is 5.26 Å². The van der Waals surface area contributed by atoms with Gasteiger partial charge in [-0.15, -0.1) is 0 Å². The van der Waals surface area contributed by atoms with E-state index in [4.69, 9.17) is 15.9 Å². The van der Waals surface area contributed by atoms with Gasteiger partial charge in [0.2, 0.25) is 0 Å². The van der Waals surface area contributed by atoms with Crippen LogP contribution in [0.1, 0.15) is 15.9 Å². The maximum Gasteiger partial charge on any atom is 0.263 e. The van der Waals surface area contributed by atoms with E-state index in [0.29, 0.717) is 6.29 Å². The van der Waals surface area contributed by atoms with Crippen molar-refractivity contribution in [3.8, 4) is 6.07 Å². The standard InChI is InChI=1S/C8H3BrClNO3S/c9-7-6(4-12)2-1-5(3-11)8(7)15(10,13)14/h1-2,4H. The molecule has 1 aromatic carbocycles. The summed E-state index contributed by atoms with van der Waals surface area (Å²) >= 11 is 2.92. The summed E-state index contributed by atoms with van der Waals surface area (Å²) in [6.45, 7) is 0. The van der Waals surface area contributed by atoms with Gasteiger partial charge in [0, 0.05) is 20.7 Å². The van der Waals surface area contributed by atoms with Crippen molar-refractivity contribution in [2.45, 2.75) is 4.90 Å². The van der Waals surface area contributed by atoms with Crippen LogP contribution in [0, 0.1) is 11.3 Å². The first-order valence-electron chi connectivity index (χ1n) is 3.54. The molecule has 0 aliphatic carbocycles. The molecule has 4 nitrogen and oxygen atoms in total. The van der Waals surface area contributed by atoms with E-state index in [1.807, 2.05) is 0 Å². The summed E-state index contributed by atoms with van der Waals surface area (Å²) in [5, 5.41) is 8.69. The molecule has 1 aromatic rings. The number of nitriles is 1. The van der Waals surface area contributed by atoms with Crippen LogP contribution in [0.3, 0.4) is 0 Å². The Labute approximate surface area is 99.0 Å². The third-order valence-corrected chi connectivity index (χ3v) is 4.11. The highest BCUT2D eigenvalue weighted by molar-refractivity contribution is 9.10. The molecule has 0 spiro atoms. The van der Waals surface area contributed by atoms with Crippen molar-refractivity contribution in [1.82, 2.24) is 0 Å². The Kier molecular flexibility index (Phi) is 3.50. The van der Waals surface area contributed by atoms with Gasteiger partial charge in [0.25, 0.3) is 9.05 Å². The lowest BCUT2D eigenvalue weighted by Crippen LogP contribution is -1.99.